The fourth-order valence-electron chi connectivity index (χ4n) is 4.91. The molecule has 0 saturated heterocycles. The third-order valence-electron chi connectivity index (χ3n) is 7.08. The Morgan fingerprint density at radius 2 is 1.62 bits per heavy atom. The minimum Gasteiger partial charge on any atom is -0.512 e. The van der Waals surface area contributed by atoms with Crippen LogP contribution in [0.3, 0.4) is 0 Å². The second-order valence-electron chi connectivity index (χ2n) is 10.8. The number of nitrogens with zero attached hydrogens (tertiary/aromatic N) is 2. The molecule has 1 N–H and O–H groups in total. The first-order chi connectivity index (χ1) is 22.7. The van der Waals surface area contributed by atoms with Gasteiger partial charge in [-0.3, -0.25) is 14.6 Å². The number of hydrogen-bond acceptors (Lipinski definition) is 7. The number of allylic oxidation sites excluding steroid dienone is 4. The second-order valence-corrected chi connectivity index (χ2v) is 10.8. The number of aromatic nitrogens is 2. The van der Waals surface area contributed by atoms with Crippen LogP contribution in [0.25, 0.3) is 44.5 Å². The summed E-state index contributed by atoms with van der Waals surface area (Å²) >= 11 is 0. The molecule has 7 rings (SSSR count). The van der Waals surface area contributed by atoms with Crippen LogP contribution in [0, 0.1) is 13.0 Å². The maximum atomic E-state index is 12.7. The monoisotopic (exact) mass is 814 g/mol. The summed E-state index contributed by atoms with van der Waals surface area (Å²) in [6, 6.07) is 30.0. The summed E-state index contributed by atoms with van der Waals surface area (Å²) in [5.41, 5.74) is 7.01. The molecule has 0 fully saturated rings. The van der Waals surface area contributed by atoms with Gasteiger partial charge < -0.3 is 19.2 Å². The van der Waals surface area contributed by atoms with Gasteiger partial charge in [0.25, 0.3) is 0 Å². The predicted molar refractivity (Wildman–Crippen MR) is 186 cm³/mol. The third kappa shape index (κ3) is 8.88. The maximum absolute atomic E-state index is 12.7. The molecule has 3 aromatic carbocycles. The van der Waals surface area contributed by atoms with Crippen LogP contribution in [0.4, 0.5) is 0 Å². The topological polar surface area (TPSA) is 103 Å². The number of carbonyl (C=O) groups is 1. The van der Waals surface area contributed by atoms with Crippen LogP contribution < -0.4 is 10.2 Å². The van der Waals surface area contributed by atoms with E-state index in [0.717, 1.165) is 46.0 Å². The molecule has 4 heterocycles. The summed E-state index contributed by atoms with van der Waals surface area (Å²) < 4.78 is 11.5. The first kappa shape index (κ1) is 35.4. The summed E-state index contributed by atoms with van der Waals surface area (Å²) in [6.45, 7) is 8.53. The zero-order valence-corrected chi connectivity index (χ0v) is 29.1. The molecule has 3 aromatic heterocycles. The van der Waals surface area contributed by atoms with Crippen LogP contribution in [0.15, 0.2) is 143 Å². The van der Waals surface area contributed by atoms with Gasteiger partial charge in [-0.15, -0.1) is 23.8 Å². The Balaban J connectivity index is 0.000000181. The van der Waals surface area contributed by atoms with E-state index in [1.165, 1.54) is 25.5 Å². The SMILES string of the molecule is C=CC1=CCc2cc(-c3ccccn3)ccc2O1.CC(=O)C=C(C)O.Cc1ccc2oc3c[c-]c(-c4ccccn4)cc3c(=O)c2c1.[Ir]. The molecular weight excluding hydrogens is 781 g/mol. The first-order valence-corrected chi connectivity index (χ1v) is 14.9. The Kier molecular flexibility index (Phi) is 12.1. The number of aliphatic hydroxyl groups excluding tert-OH is 1. The van der Waals surface area contributed by atoms with Crippen LogP contribution in [-0.4, -0.2) is 20.9 Å². The number of ether oxygens (including phenoxy) is 1. The molecule has 0 unspecified atom stereocenters. The molecule has 1 aliphatic heterocycles. The van der Waals surface area contributed by atoms with E-state index in [4.69, 9.17) is 14.3 Å². The zero-order valence-electron chi connectivity index (χ0n) is 26.7. The number of pyridine rings is 2. The number of carbonyl (C=O) groups excluding carboxylic acids is 1. The minimum absolute atomic E-state index is 0. The van der Waals surface area contributed by atoms with E-state index in [9.17, 15) is 9.59 Å². The van der Waals surface area contributed by atoms with Crippen molar-refractivity contribution in [3.8, 4) is 28.3 Å². The minimum atomic E-state index is -0.125. The number of hydrogen-bond donors (Lipinski definition) is 1. The van der Waals surface area contributed by atoms with Gasteiger partial charge in [0.1, 0.15) is 17.1 Å². The molecule has 0 amide bonds. The average molecular weight is 814 g/mol. The molecule has 7 nitrogen and oxygen atoms in total. The van der Waals surface area contributed by atoms with E-state index in [1.54, 1.807) is 30.6 Å². The molecule has 48 heavy (non-hydrogen) atoms. The van der Waals surface area contributed by atoms with Crippen molar-refractivity contribution in [2.24, 2.45) is 0 Å². The molecule has 1 aliphatic rings. The van der Waals surface area contributed by atoms with Gasteiger partial charge in [0.05, 0.1) is 22.4 Å². The van der Waals surface area contributed by atoms with Gasteiger partial charge in [-0.05, 0) is 105 Å². The van der Waals surface area contributed by atoms with Crippen LogP contribution in [0.5, 0.6) is 5.75 Å². The van der Waals surface area contributed by atoms with Gasteiger partial charge in [0, 0.05) is 44.1 Å². The Morgan fingerprint density at radius 1 is 0.917 bits per heavy atom. The standard InChI is InChI=1S/C19H12NO2.C16H13NO.C5H8O2.Ir/c1-12-5-7-17-14(10-12)19(21)15-11-13(6-8-18(15)22-17)16-4-2-3-9-20-16;1-2-14-8-6-13-11-12(7-9-16(13)18-14)15-5-3-4-10-17-15;1-4(6)3-5(2)7;/h2-5,7-11H,1H3;2-5,7-11H,1,6H2;3,6H,1-2H3;/q-1;;;. The number of ketones is 1. The van der Waals surface area contributed by atoms with Gasteiger partial charge in [-0.2, -0.15) is 0 Å². The molecule has 0 saturated carbocycles. The largest absolute Gasteiger partial charge is 0.512 e. The predicted octanol–water partition coefficient (Wildman–Crippen LogP) is 8.90. The summed E-state index contributed by atoms with van der Waals surface area (Å²) in [5, 5.41) is 9.52. The molecule has 1 radical (unpaired) electrons. The zero-order chi connectivity index (χ0) is 33.3. The van der Waals surface area contributed by atoms with Gasteiger partial charge in [-0.1, -0.05) is 36.4 Å². The van der Waals surface area contributed by atoms with Crippen molar-refractivity contribution < 1.29 is 39.2 Å². The van der Waals surface area contributed by atoms with Crippen molar-refractivity contribution in [3.05, 3.63) is 161 Å². The quantitative estimate of drug-likeness (QED) is 0.0821. The molecule has 0 bridgehead atoms. The van der Waals surface area contributed by atoms with Crippen LogP contribution in [0.1, 0.15) is 25.0 Å². The van der Waals surface area contributed by atoms with Crippen molar-refractivity contribution in [2.75, 3.05) is 0 Å². The van der Waals surface area contributed by atoms with Crippen molar-refractivity contribution >= 4 is 27.7 Å². The first-order valence-electron chi connectivity index (χ1n) is 14.9. The van der Waals surface area contributed by atoms with E-state index in [1.807, 2.05) is 79.7 Å². The number of aryl methyl sites for hydroxylation is 1. The molecule has 0 atom stereocenters. The third-order valence-corrected chi connectivity index (χ3v) is 7.08. The van der Waals surface area contributed by atoms with E-state index < -0.39 is 0 Å². The van der Waals surface area contributed by atoms with E-state index in [-0.39, 0.29) is 37.1 Å². The van der Waals surface area contributed by atoms with Crippen molar-refractivity contribution in [1.29, 1.82) is 0 Å². The second kappa shape index (κ2) is 16.4. The number of aliphatic hydroxyl groups is 1. The van der Waals surface area contributed by atoms with Crippen molar-refractivity contribution in [1.82, 2.24) is 9.97 Å². The molecule has 243 valence electrons. The number of benzene rings is 3. The maximum Gasteiger partial charge on any atom is 0.182 e. The molecule has 6 aromatic rings. The van der Waals surface area contributed by atoms with Crippen LogP contribution in [0.2, 0.25) is 0 Å². The van der Waals surface area contributed by atoms with E-state index >= 15 is 0 Å². The fourth-order valence-corrected chi connectivity index (χ4v) is 4.91. The molecular formula is C40H33IrN2O5-. The normalized spacial score (nSPS) is 11.7. The van der Waals surface area contributed by atoms with Gasteiger partial charge in [-0.25, -0.2) is 0 Å². The Hall–Kier alpha value is -5.43. The average Bonchev–Trinajstić information content (AvgIpc) is 3.09. The van der Waals surface area contributed by atoms with Crippen LogP contribution in [-0.2, 0) is 31.3 Å². The van der Waals surface area contributed by atoms with Gasteiger partial charge >= 0.3 is 0 Å². The van der Waals surface area contributed by atoms with E-state index in [0.29, 0.717) is 21.9 Å². The summed E-state index contributed by atoms with van der Waals surface area (Å²) in [7, 11) is 0. The Morgan fingerprint density at radius 3 is 2.25 bits per heavy atom. The fraction of sp³-hybridized carbons (Fsp3) is 0.100. The van der Waals surface area contributed by atoms with Gasteiger partial charge in [0.2, 0.25) is 0 Å². The Labute approximate surface area is 292 Å². The van der Waals surface area contributed by atoms with Crippen molar-refractivity contribution in [3.63, 3.8) is 0 Å². The molecule has 0 aliphatic carbocycles. The summed E-state index contributed by atoms with van der Waals surface area (Å²) in [4.78, 5) is 31.4. The molecule has 8 heteroatoms. The number of fused-ring (bicyclic) bond motifs is 3. The molecule has 0 spiro atoms. The van der Waals surface area contributed by atoms with E-state index in [2.05, 4.69) is 28.7 Å². The van der Waals surface area contributed by atoms with Gasteiger partial charge in [0.15, 0.2) is 11.2 Å². The summed E-state index contributed by atoms with van der Waals surface area (Å²) in [6.07, 6.45) is 9.34. The number of rotatable bonds is 4. The van der Waals surface area contributed by atoms with Crippen LogP contribution >= 0.6 is 0 Å². The Bertz CT molecular complexity index is 2190. The summed E-state index contributed by atoms with van der Waals surface area (Å²) in [5.74, 6) is 1.67. The smallest absolute Gasteiger partial charge is 0.182 e. The van der Waals surface area contributed by atoms with Crippen molar-refractivity contribution in [2.45, 2.75) is 27.2 Å².